The van der Waals surface area contributed by atoms with Gasteiger partial charge in [-0.2, -0.15) is 0 Å². The van der Waals surface area contributed by atoms with Gasteiger partial charge in [0.1, 0.15) is 5.60 Å². The SMILES string of the molecule is CCOC(=O)C1CN(C(=O)OC(C)(C)C)CC[C@H]1N. The largest absolute Gasteiger partial charge is 0.466 e. The normalized spacial score (nSPS) is 23.9. The lowest BCUT2D eigenvalue weighted by molar-refractivity contribution is -0.150. The van der Waals surface area contributed by atoms with Gasteiger partial charge in [-0.05, 0) is 34.1 Å². The van der Waals surface area contributed by atoms with Crippen molar-refractivity contribution in [3.8, 4) is 0 Å². The molecule has 1 aliphatic heterocycles. The van der Waals surface area contributed by atoms with Gasteiger partial charge in [0.15, 0.2) is 0 Å². The maximum absolute atomic E-state index is 12.0. The third kappa shape index (κ3) is 4.70. The molecule has 0 saturated carbocycles. The molecule has 6 nitrogen and oxygen atoms in total. The van der Waals surface area contributed by atoms with Crippen LogP contribution in [-0.4, -0.2) is 48.3 Å². The Morgan fingerprint density at radius 3 is 2.53 bits per heavy atom. The van der Waals surface area contributed by atoms with E-state index in [4.69, 9.17) is 15.2 Å². The molecule has 1 aliphatic rings. The smallest absolute Gasteiger partial charge is 0.410 e. The maximum Gasteiger partial charge on any atom is 0.410 e. The van der Waals surface area contributed by atoms with E-state index < -0.39 is 17.6 Å². The second-order valence-electron chi connectivity index (χ2n) is 5.74. The molecule has 2 atom stereocenters. The van der Waals surface area contributed by atoms with Crippen LogP contribution in [-0.2, 0) is 14.3 Å². The molecule has 0 aliphatic carbocycles. The molecule has 0 aromatic carbocycles. The molecule has 0 spiro atoms. The summed E-state index contributed by atoms with van der Waals surface area (Å²) in [6.07, 6.45) is 0.164. The molecule has 1 fully saturated rings. The molecule has 1 heterocycles. The van der Waals surface area contributed by atoms with E-state index in [0.717, 1.165) is 0 Å². The van der Waals surface area contributed by atoms with Crippen molar-refractivity contribution in [3.63, 3.8) is 0 Å². The van der Waals surface area contributed by atoms with Gasteiger partial charge in [-0.3, -0.25) is 4.79 Å². The molecule has 1 saturated heterocycles. The minimum atomic E-state index is -0.546. The Bertz CT molecular complexity index is 338. The first-order chi connectivity index (χ1) is 8.74. The second-order valence-corrected chi connectivity index (χ2v) is 5.74. The molecule has 6 heteroatoms. The van der Waals surface area contributed by atoms with Crippen LogP contribution in [0.1, 0.15) is 34.1 Å². The highest BCUT2D eigenvalue weighted by Gasteiger charge is 2.36. The van der Waals surface area contributed by atoms with Gasteiger partial charge in [0.2, 0.25) is 0 Å². The monoisotopic (exact) mass is 272 g/mol. The van der Waals surface area contributed by atoms with Crippen LogP contribution in [0.2, 0.25) is 0 Å². The Morgan fingerprint density at radius 1 is 1.37 bits per heavy atom. The van der Waals surface area contributed by atoms with E-state index >= 15 is 0 Å². The quantitative estimate of drug-likeness (QED) is 0.762. The van der Waals surface area contributed by atoms with E-state index in [1.165, 1.54) is 4.90 Å². The van der Waals surface area contributed by atoms with Crippen molar-refractivity contribution in [2.75, 3.05) is 19.7 Å². The van der Waals surface area contributed by atoms with Crippen molar-refractivity contribution in [2.24, 2.45) is 11.7 Å². The fourth-order valence-electron chi connectivity index (χ4n) is 1.96. The number of nitrogens with two attached hydrogens (primary N) is 1. The maximum atomic E-state index is 12.0. The number of likely N-dealkylation sites (tertiary alicyclic amines) is 1. The standard InChI is InChI=1S/C13H24N2O4/c1-5-18-11(16)9-8-15(7-6-10(9)14)12(17)19-13(2,3)4/h9-10H,5-8,14H2,1-4H3/t9?,10-/m1/s1. The number of amides is 1. The number of ether oxygens (including phenoxy) is 2. The minimum absolute atomic E-state index is 0.259. The van der Waals surface area contributed by atoms with Crippen molar-refractivity contribution >= 4 is 12.1 Å². The van der Waals surface area contributed by atoms with Crippen LogP contribution in [0.3, 0.4) is 0 Å². The molecule has 0 radical (unpaired) electrons. The predicted molar refractivity (Wildman–Crippen MR) is 70.5 cm³/mol. The highest BCUT2D eigenvalue weighted by atomic mass is 16.6. The van der Waals surface area contributed by atoms with Gasteiger partial charge in [-0.15, -0.1) is 0 Å². The van der Waals surface area contributed by atoms with Crippen LogP contribution in [0, 0.1) is 5.92 Å². The highest BCUT2D eigenvalue weighted by Crippen LogP contribution is 2.19. The average Bonchev–Trinajstić information content (AvgIpc) is 2.27. The summed E-state index contributed by atoms with van der Waals surface area (Å²) >= 11 is 0. The molecule has 1 amide bonds. The number of carbonyl (C=O) groups excluding carboxylic acids is 2. The van der Waals surface area contributed by atoms with E-state index in [2.05, 4.69) is 0 Å². The molecular formula is C13H24N2O4. The van der Waals surface area contributed by atoms with Gasteiger partial charge in [-0.25, -0.2) is 4.79 Å². The Balaban J connectivity index is 2.63. The predicted octanol–water partition coefficient (Wildman–Crippen LogP) is 1.13. The summed E-state index contributed by atoms with van der Waals surface area (Å²) in [4.78, 5) is 25.3. The van der Waals surface area contributed by atoms with E-state index in [0.29, 0.717) is 19.6 Å². The van der Waals surface area contributed by atoms with Crippen LogP contribution in [0.15, 0.2) is 0 Å². The minimum Gasteiger partial charge on any atom is -0.466 e. The number of rotatable bonds is 2. The summed E-state index contributed by atoms with van der Waals surface area (Å²) in [5.41, 5.74) is 5.37. The van der Waals surface area contributed by atoms with Crippen LogP contribution >= 0.6 is 0 Å². The zero-order chi connectivity index (χ0) is 14.6. The van der Waals surface area contributed by atoms with Crippen LogP contribution in [0.5, 0.6) is 0 Å². The lowest BCUT2D eigenvalue weighted by atomic mass is 9.93. The van der Waals surface area contributed by atoms with Gasteiger partial charge >= 0.3 is 12.1 Å². The molecule has 1 rings (SSSR count). The molecule has 0 bridgehead atoms. The van der Waals surface area contributed by atoms with Crippen LogP contribution in [0.4, 0.5) is 4.79 Å². The van der Waals surface area contributed by atoms with Crippen molar-refractivity contribution in [1.82, 2.24) is 4.90 Å². The molecule has 0 aromatic heterocycles. The lowest BCUT2D eigenvalue weighted by Crippen LogP contribution is -2.53. The molecular weight excluding hydrogens is 248 g/mol. The van der Waals surface area contributed by atoms with Gasteiger partial charge in [0.05, 0.1) is 12.5 Å². The fraction of sp³-hybridized carbons (Fsp3) is 0.846. The zero-order valence-electron chi connectivity index (χ0n) is 12.1. The van der Waals surface area contributed by atoms with E-state index in [9.17, 15) is 9.59 Å². The summed E-state index contributed by atoms with van der Waals surface area (Å²) in [6, 6.07) is -0.266. The molecule has 19 heavy (non-hydrogen) atoms. The Morgan fingerprint density at radius 2 is 2.00 bits per heavy atom. The number of hydrogen-bond donors (Lipinski definition) is 1. The van der Waals surface area contributed by atoms with Crippen molar-refractivity contribution in [1.29, 1.82) is 0 Å². The van der Waals surface area contributed by atoms with Crippen molar-refractivity contribution in [3.05, 3.63) is 0 Å². The summed E-state index contributed by atoms with van der Waals surface area (Å²) in [6.45, 7) is 8.25. The second kappa shape index (κ2) is 6.23. The Hall–Kier alpha value is -1.30. The van der Waals surface area contributed by atoms with Crippen molar-refractivity contribution in [2.45, 2.75) is 45.8 Å². The molecule has 110 valence electrons. The van der Waals surface area contributed by atoms with Gasteiger partial charge in [0.25, 0.3) is 0 Å². The van der Waals surface area contributed by atoms with E-state index in [1.54, 1.807) is 6.92 Å². The molecule has 1 unspecified atom stereocenters. The summed E-state index contributed by atoms with van der Waals surface area (Å²) in [5, 5.41) is 0. The van der Waals surface area contributed by atoms with E-state index in [-0.39, 0.29) is 18.6 Å². The number of hydrogen-bond acceptors (Lipinski definition) is 5. The Labute approximate surface area is 114 Å². The first kappa shape index (κ1) is 15.8. The third-order valence-corrected chi connectivity index (χ3v) is 2.91. The number of carbonyl (C=O) groups is 2. The van der Waals surface area contributed by atoms with Gasteiger partial charge in [0, 0.05) is 19.1 Å². The zero-order valence-corrected chi connectivity index (χ0v) is 12.1. The molecule has 0 aromatic rings. The number of esters is 1. The molecule has 2 N–H and O–H groups in total. The van der Waals surface area contributed by atoms with Crippen LogP contribution in [0.25, 0.3) is 0 Å². The summed E-state index contributed by atoms with van der Waals surface area (Å²) in [7, 11) is 0. The first-order valence-electron chi connectivity index (χ1n) is 6.64. The number of piperidine rings is 1. The van der Waals surface area contributed by atoms with Crippen LogP contribution < -0.4 is 5.73 Å². The fourth-order valence-corrected chi connectivity index (χ4v) is 1.96. The average molecular weight is 272 g/mol. The van der Waals surface area contributed by atoms with Gasteiger partial charge in [-0.1, -0.05) is 0 Å². The Kier molecular flexibility index (Phi) is 5.17. The lowest BCUT2D eigenvalue weighted by Gasteiger charge is -2.36. The first-order valence-corrected chi connectivity index (χ1v) is 6.64. The highest BCUT2D eigenvalue weighted by molar-refractivity contribution is 5.75. The van der Waals surface area contributed by atoms with Crippen molar-refractivity contribution < 1.29 is 19.1 Å². The van der Waals surface area contributed by atoms with E-state index in [1.807, 2.05) is 20.8 Å². The topological polar surface area (TPSA) is 81.9 Å². The summed E-state index contributed by atoms with van der Waals surface area (Å²) < 4.78 is 10.3. The van der Waals surface area contributed by atoms with Gasteiger partial charge < -0.3 is 20.1 Å². The number of nitrogens with zero attached hydrogens (tertiary/aromatic N) is 1. The summed E-state index contributed by atoms with van der Waals surface area (Å²) in [5.74, 6) is -0.815. The third-order valence-electron chi connectivity index (χ3n) is 2.91.